The zero-order chi connectivity index (χ0) is 24.7. The number of rotatable bonds is 8. The Morgan fingerprint density at radius 3 is 2.38 bits per heavy atom. The van der Waals surface area contributed by atoms with E-state index in [4.69, 9.17) is 21.1 Å². The molecule has 0 saturated heterocycles. The first-order valence-corrected chi connectivity index (χ1v) is 11.3. The highest BCUT2D eigenvalue weighted by Crippen LogP contribution is 2.30. The fourth-order valence-electron chi connectivity index (χ4n) is 3.50. The first-order chi connectivity index (χ1) is 16.3. The molecule has 0 aliphatic heterocycles. The average Bonchev–Trinajstić information content (AvgIpc) is 2.79. The van der Waals surface area contributed by atoms with Gasteiger partial charge in [-0.1, -0.05) is 53.1 Å². The van der Waals surface area contributed by atoms with E-state index in [0.29, 0.717) is 41.0 Å². The maximum atomic E-state index is 12.6. The monoisotopic (exact) mass is 474 g/mol. The molecule has 1 N–H and O–H groups in total. The highest BCUT2D eigenvalue weighted by Gasteiger charge is 2.12. The Labute approximate surface area is 205 Å². The van der Waals surface area contributed by atoms with Crippen molar-refractivity contribution in [3.8, 4) is 17.6 Å². The van der Waals surface area contributed by atoms with Crippen LogP contribution in [0.25, 0.3) is 6.08 Å². The Bertz CT molecular complexity index is 1250. The summed E-state index contributed by atoms with van der Waals surface area (Å²) in [4.78, 5) is 12.6. The van der Waals surface area contributed by atoms with Crippen LogP contribution in [0.4, 0.5) is 5.69 Å². The zero-order valence-corrected chi connectivity index (χ0v) is 20.5. The van der Waals surface area contributed by atoms with Crippen LogP contribution < -0.4 is 14.8 Å². The van der Waals surface area contributed by atoms with E-state index in [1.165, 1.54) is 17.2 Å². The van der Waals surface area contributed by atoms with Gasteiger partial charge < -0.3 is 14.8 Å². The summed E-state index contributed by atoms with van der Waals surface area (Å²) in [5.74, 6) is 0.620. The highest BCUT2D eigenvalue weighted by atomic mass is 35.5. The van der Waals surface area contributed by atoms with Crippen molar-refractivity contribution in [2.45, 2.75) is 34.3 Å². The number of ether oxygens (including phenoxy) is 2. The Morgan fingerprint density at radius 2 is 1.74 bits per heavy atom. The summed E-state index contributed by atoms with van der Waals surface area (Å²) < 4.78 is 11.8. The minimum Gasteiger partial charge on any atom is -0.490 e. The van der Waals surface area contributed by atoms with Crippen LogP contribution in [-0.4, -0.2) is 12.5 Å². The van der Waals surface area contributed by atoms with Crippen LogP contribution in [0.5, 0.6) is 11.5 Å². The van der Waals surface area contributed by atoms with E-state index in [1.807, 2.05) is 19.9 Å². The molecule has 0 aromatic heterocycles. The third-order valence-electron chi connectivity index (χ3n) is 5.05. The molecule has 34 heavy (non-hydrogen) atoms. The zero-order valence-electron chi connectivity index (χ0n) is 19.7. The van der Waals surface area contributed by atoms with Crippen molar-refractivity contribution in [1.29, 1.82) is 5.26 Å². The molecule has 174 valence electrons. The van der Waals surface area contributed by atoms with E-state index < -0.39 is 5.91 Å². The lowest BCUT2D eigenvalue weighted by Gasteiger charge is -2.13. The molecule has 3 rings (SSSR count). The molecule has 0 radical (unpaired) electrons. The first kappa shape index (κ1) is 24.9. The predicted octanol–water partition coefficient (Wildman–Crippen LogP) is 6.79. The molecule has 0 bridgehead atoms. The first-order valence-electron chi connectivity index (χ1n) is 10.9. The number of benzene rings is 3. The maximum Gasteiger partial charge on any atom is 0.266 e. The SMILES string of the molecule is CCOc1cc(/C=C(\C#N)C(=O)Nc2ccc(C)c(Cl)c2)ccc1OCc1cc(C)cc(C)c1. The molecule has 0 atom stereocenters. The van der Waals surface area contributed by atoms with Crippen molar-refractivity contribution >= 4 is 29.3 Å². The molecule has 5 nitrogen and oxygen atoms in total. The second-order valence-electron chi connectivity index (χ2n) is 8.01. The Hall–Kier alpha value is -3.75. The van der Waals surface area contributed by atoms with E-state index in [2.05, 4.69) is 37.4 Å². The summed E-state index contributed by atoms with van der Waals surface area (Å²) >= 11 is 6.13. The summed E-state index contributed by atoms with van der Waals surface area (Å²) in [6.45, 7) is 8.73. The fraction of sp³-hybridized carbons (Fsp3) is 0.214. The third-order valence-corrected chi connectivity index (χ3v) is 5.46. The van der Waals surface area contributed by atoms with E-state index >= 15 is 0 Å². The summed E-state index contributed by atoms with van der Waals surface area (Å²) in [6.07, 6.45) is 1.52. The van der Waals surface area contributed by atoms with Gasteiger partial charge in [0.05, 0.1) is 6.61 Å². The summed E-state index contributed by atoms with van der Waals surface area (Å²) in [7, 11) is 0. The molecular weight excluding hydrogens is 448 g/mol. The number of anilines is 1. The van der Waals surface area contributed by atoms with Crippen LogP contribution >= 0.6 is 11.6 Å². The lowest BCUT2D eigenvalue weighted by Crippen LogP contribution is -2.13. The number of carbonyl (C=O) groups excluding carboxylic acids is 1. The van der Waals surface area contributed by atoms with Gasteiger partial charge in [-0.15, -0.1) is 0 Å². The van der Waals surface area contributed by atoms with Crippen LogP contribution in [-0.2, 0) is 11.4 Å². The van der Waals surface area contributed by atoms with Crippen LogP contribution in [0.15, 0.2) is 60.2 Å². The van der Waals surface area contributed by atoms with E-state index in [9.17, 15) is 10.1 Å². The number of amides is 1. The van der Waals surface area contributed by atoms with Crippen LogP contribution in [0.2, 0.25) is 5.02 Å². The largest absolute Gasteiger partial charge is 0.490 e. The summed E-state index contributed by atoms with van der Waals surface area (Å²) in [6, 6.07) is 18.8. The van der Waals surface area contributed by atoms with Crippen molar-refractivity contribution in [3.63, 3.8) is 0 Å². The van der Waals surface area contributed by atoms with Gasteiger partial charge in [-0.3, -0.25) is 4.79 Å². The van der Waals surface area contributed by atoms with Gasteiger partial charge in [0.15, 0.2) is 11.5 Å². The number of hydrogen-bond donors (Lipinski definition) is 1. The molecule has 0 spiro atoms. The van der Waals surface area contributed by atoms with E-state index in [-0.39, 0.29) is 5.57 Å². The highest BCUT2D eigenvalue weighted by molar-refractivity contribution is 6.31. The number of aryl methyl sites for hydroxylation is 3. The normalized spacial score (nSPS) is 11.0. The molecule has 0 heterocycles. The number of nitrogens with zero attached hydrogens (tertiary/aromatic N) is 1. The van der Waals surface area contributed by atoms with Crippen molar-refractivity contribution in [3.05, 3.63) is 93.0 Å². The van der Waals surface area contributed by atoms with Crippen molar-refractivity contribution in [1.82, 2.24) is 0 Å². The number of hydrogen-bond acceptors (Lipinski definition) is 4. The standard InChI is InChI=1S/C28H27ClN2O3/c1-5-33-27-14-21(7-9-26(27)34-17-22-11-18(2)10-19(3)12-22)13-23(16-30)28(32)31-24-8-6-20(4)25(29)15-24/h6-15H,5,17H2,1-4H3,(H,31,32)/b23-13+. The molecule has 3 aromatic rings. The number of nitrogens with one attached hydrogen (secondary N) is 1. The molecule has 3 aromatic carbocycles. The second kappa shape index (κ2) is 11.4. The molecule has 0 fully saturated rings. The second-order valence-corrected chi connectivity index (χ2v) is 8.42. The molecule has 0 unspecified atom stereocenters. The minimum absolute atomic E-state index is 0.0388. The number of nitriles is 1. The van der Waals surface area contributed by atoms with Gasteiger partial charge in [0.1, 0.15) is 18.2 Å². The lowest BCUT2D eigenvalue weighted by atomic mass is 10.1. The van der Waals surface area contributed by atoms with Crippen LogP contribution in [0, 0.1) is 32.1 Å². The number of halogens is 1. The molecular formula is C28H27ClN2O3. The third kappa shape index (κ3) is 6.63. The quantitative estimate of drug-likeness (QED) is 0.288. The minimum atomic E-state index is -0.518. The summed E-state index contributed by atoms with van der Waals surface area (Å²) in [5, 5.41) is 12.8. The smallest absolute Gasteiger partial charge is 0.266 e. The topological polar surface area (TPSA) is 71.3 Å². The predicted molar refractivity (Wildman–Crippen MR) is 136 cm³/mol. The Morgan fingerprint density at radius 1 is 1.00 bits per heavy atom. The van der Waals surface area contributed by atoms with Gasteiger partial charge in [-0.25, -0.2) is 0 Å². The van der Waals surface area contributed by atoms with Crippen molar-refractivity contribution in [2.24, 2.45) is 0 Å². The van der Waals surface area contributed by atoms with Crippen molar-refractivity contribution < 1.29 is 14.3 Å². The van der Waals surface area contributed by atoms with Gasteiger partial charge in [0.25, 0.3) is 5.91 Å². The van der Waals surface area contributed by atoms with E-state index in [1.54, 1.807) is 36.4 Å². The molecule has 0 aliphatic rings. The van der Waals surface area contributed by atoms with E-state index in [0.717, 1.165) is 11.1 Å². The molecule has 0 saturated carbocycles. The van der Waals surface area contributed by atoms with Gasteiger partial charge in [0.2, 0.25) is 0 Å². The fourth-order valence-corrected chi connectivity index (χ4v) is 3.68. The Balaban J connectivity index is 1.79. The van der Waals surface area contributed by atoms with Gasteiger partial charge in [0, 0.05) is 10.7 Å². The van der Waals surface area contributed by atoms with Gasteiger partial charge in [-0.05, 0) is 74.7 Å². The lowest BCUT2D eigenvalue weighted by molar-refractivity contribution is -0.112. The number of carbonyl (C=O) groups is 1. The Kier molecular flexibility index (Phi) is 8.34. The van der Waals surface area contributed by atoms with Gasteiger partial charge in [-0.2, -0.15) is 5.26 Å². The van der Waals surface area contributed by atoms with Crippen molar-refractivity contribution in [2.75, 3.05) is 11.9 Å². The molecule has 6 heteroatoms. The summed E-state index contributed by atoms with van der Waals surface area (Å²) in [5.41, 5.74) is 5.46. The maximum absolute atomic E-state index is 12.6. The van der Waals surface area contributed by atoms with Gasteiger partial charge >= 0.3 is 0 Å². The molecule has 0 aliphatic carbocycles. The van der Waals surface area contributed by atoms with Crippen LogP contribution in [0.3, 0.4) is 0 Å². The van der Waals surface area contributed by atoms with Crippen LogP contribution in [0.1, 0.15) is 34.7 Å². The molecule has 1 amide bonds. The average molecular weight is 475 g/mol.